The first-order valence-corrected chi connectivity index (χ1v) is 7.29. The SMILES string of the molecule is CC(Sc1nnc(N(C)C)s1)c1cccc(N)c1. The fraction of sp³-hybridized carbons (Fsp3) is 0.333. The molecule has 0 amide bonds. The summed E-state index contributed by atoms with van der Waals surface area (Å²) >= 11 is 3.31. The summed E-state index contributed by atoms with van der Waals surface area (Å²) in [6.45, 7) is 2.15. The lowest BCUT2D eigenvalue weighted by atomic mass is 10.1. The molecular weight excluding hydrogens is 264 g/mol. The maximum atomic E-state index is 5.79. The summed E-state index contributed by atoms with van der Waals surface area (Å²) in [5, 5.41) is 9.56. The van der Waals surface area contributed by atoms with E-state index in [0.29, 0.717) is 5.25 Å². The van der Waals surface area contributed by atoms with Crippen LogP contribution in [-0.2, 0) is 0 Å². The monoisotopic (exact) mass is 280 g/mol. The van der Waals surface area contributed by atoms with Crippen molar-refractivity contribution in [3.8, 4) is 0 Å². The molecule has 0 fully saturated rings. The van der Waals surface area contributed by atoms with Gasteiger partial charge in [0.05, 0.1) is 0 Å². The summed E-state index contributed by atoms with van der Waals surface area (Å²) in [6, 6.07) is 7.97. The summed E-state index contributed by atoms with van der Waals surface area (Å²) in [5.74, 6) is 0. The number of nitrogen functional groups attached to an aromatic ring is 1. The Balaban J connectivity index is 2.08. The number of benzene rings is 1. The predicted octanol–water partition coefficient (Wildman–Crippen LogP) is 3.04. The zero-order valence-corrected chi connectivity index (χ0v) is 12.3. The molecule has 0 aliphatic rings. The third kappa shape index (κ3) is 3.14. The molecule has 0 spiro atoms. The van der Waals surface area contributed by atoms with Crippen molar-refractivity contribution in [2.75, 3.05) is 24.7 Å². The summed E-state index contributed by atoms with van der Waals surface area (Å²) in [7, 11) is 3.94. The van der Waals surface area contributed by atoms with Crippen molar-refractivity contribution >= 4 is 33.9 Å². The van der Waals surface area contributed by atoms with Gasteiger partial charge < -0.3 is 10.6 Å². The molecule has 6 heteroatoms. The van der Waals surface area contributed by atoms with E-state index in [4.69, 9.17) is 5.73 Å². The van der Waals surface area contributed by atoms with Gasteiger partial charge in [-0.1, -0.05) is 35.2 Å². The fourth-order valence-corrected chi connectivity index (χ4v) is 3.49. The number of aromatic nitrogens is 2. The Morgan fingerprint density at radius 3 is 2.72 bits per heavy atom. The number of hydrogen-bond donors (Lipinski definition) is 1. The van der Waals surface area contributed by atoms with Gasteiger partial charge in [-0.25, -0.2) is 0 Å². The van der Waals surface area contributed by atoms with Crippen LogP contribution in [0.4, 0.5) is 10.8 Å². The number of anilines is 2. The van der Waals surface area contributed by atoms with Crippen molar-refractivity contribution in [1.82, 2.24) is 10.2 Å². The molecule has 1 unspecified atom stereocenters. The van der Waals surface area contributed by atoms with Gasteiger partial charge in [-0.15, -0.1) is 10.2 Å². The van der Waals surface area contributed by atoms with Crippen molar-refractivity contribution < 1.29 is 0 Å². The topological polar surface area (TPSA) is 55.0 Å². The van der Waals surface area contributed by atoms with E-state index in [2.05, 4.69) is 23.2 Å². The average Bonchev–Trinajstić information content (AvgIpc) is 2.77. The second-order valence-electron chi connectivity index (χ2n) is 4.18. The van der Waals surface area contributed by atoms with E-state index in [1.165, 1.54) is 5.56 Å². The van der Waals surface area contributed by atoms with E-state index in [9.17, 15) is 0 Å². The van der Waals surface area contributed by atoms with Crippen molar-refractivity contribution in [3.05, 3.63) is 29.8 Å². The van der Waals surface area contributed by atoms with E-state index in [1.54, 1.807) is 23.1 Å². The fourth-order valence-electron chi connectivity index (χ4n) is 1.46. The van der Waals surface area contributed by atoms with Gasteiger partial charge in [0.2, 0.25) is 5.13 Å². The van der Waals surface area contributed by atoms with Crippen LogP contribution in [0.5, 0.6) is 0 Å². The number of hydrogen-bond acceptors (Lipinski definition) is 6. The lowest BCUT2D eigenvalue weighted by Gasteiger charge is -2.09. The highest BCUT2D eigenvalue weighted by atomic mass is 32.2. The van der Waals surface area contributed by atoms with Crippen LogP contribution in [-0.4, -0.2) is 24.3 Å². The second-order valence-corrected chi connectivity index (χ2v) is 6.72. The predicted molar refractivity (Wildman–Crippen MR) is 79.4 cm³/mol. The second kappa shape index (κ2) is 5.58. The van der Waals surface area contributed by atoms with Crippen molar-refractivity contribution in [2.45, 2.75) is 16.5 Å². The Bertz CT molecular complexity index is 524. The first kappa shape index (κ1) is 13.2. The third-order valence-corrected chi connectivity index (χ3v) is 4.77. The highest BCUT2D eigenvalue weighted by Gasteiger charge is 2.12. The molecule has 18 heavy (non-hydrogen) atoms. The number of rotatable bonds is 4. The molecule has 0 radical (unpaired) electrons. The highest BCUT2D eigenvalue weighted by Crippen LogP contribution is 2.38. The minimum atomic E-state index is 0.316. The highest BCUT2D eigenvalue weighted by molar-refractivity contribution is 8.01. The maximum absolute atomic E-state index is 5.79. The molecule has 96 valence electrons. The molecule has 0 aliphatic carbocycles. The number of nitrogens with zero attached hydrogens (tertiary/aromatic N) is 3. The summed E-state index contributed by atoms with van der Waals surface area (Å²) in [4.78, 5) is 1.97. The first-order valence-electron chi connectivity index (χ1n) is 5.59. The van der Waals surface area contributed by atoms with E-state index in [1.807, 2.05) is 37.2 Å². The van der Waals surface area contributed by atoms with Crippen LogP contribution in [0.25, 0.3) is 0 Å². The van der Waals surface area contributed by atoms with Gasteiger partial charge in [0, 0.05) is 25.0 Å². The van der Waals surface area contributed by atoms with Gasteiger partial charge in [-0.05, 0) is 24.6 Å². The van der Waals surface area contributed by atoms with Crippen LogP contribution in [0.15, 0.2) is 28.6 Å². The van der Waals surface area contributed by atoms with Crippen LogP contribution in [0.3, 0.4) is 0 Å². The van der Waals surface area contributed by atoms with E-state index in [-0.39, 0.29) is 0 Å². The Hall–Kier alpha value is -1.27. The molecule has 0 aliphatic heterocycles. The molecule has 0 saturated carbocycles. The lowest BCUT2D eigenvalue weighted by Crippen LogP contribution is -2.07. The summed E-state index contributed by atoms with van der Waals surface area (Å²) in [6.07, 6.45) is 0. The normalized spacial score (nSPS) is 12.4. The molecule has 1 aromatic carbocycles. The van der Waals surface area contributed by atoms with Crippen LogP contribution in [0, 0.1) is 0 Å². The Morgan fingerprint density at radius 2 is 2.11 bits per heavy atom. The van der Waals surface area contributed by atoms with Crippen LogP contribution >= 0.6 is 23.1 Å². The van der Waals surface area contributed by atoms with Crippen LogP contribution in [0.1, 0.15) is 17.7 Å². The van der Waals surface area contributed by atoms with Gasteiger partial charge in [-0.3, -0.25) is 0 Å². The standard InChI is InChI=1S/C12H16N4S2/c1-8(9-5-4-6-10(13)7-9)17-12-15-14-11(18-12)16(2)3/h4-8H,13H2,1-3H3. The van der Waals surface area contributed by atoms with Gasteiger partial charge in [0.25, 0.3) is 0 Å². The zero-order valence-electron chi connectivity index (χ0n) is 10.6. The van der Waals surface area contributed by atoms with Crippen LogP contribution in [0.2, 0.25) is 0 Å². The van der Waals surface area contributed by atoms with E-state index in [0.717, 1.165) is 15.2 Å². The quantitative estimate of drug-likeness (QED) is 0.689. The molecule has 1 heterocycles. The van der Waals surface area contributed by atoms with Crippen molar-refractivity contribution in [1.29, 1.82) is 0 Å². The van der Waals surface area contributed by atoms with Crippen LogP contribution < -0.4 is 10.6 Å². The van der Waals surface area contributed by atoms with Gasteiger partial charge in [0.15, 0.2) is 4.34 Å². The smallest absolute Gasteiger partial charge is 0.208 e. The van der Waals surface area contributed by atoms with Gasteiger partial charge in [-0.2, -0.15) is 0 Å². The Kier molecular flexibility index (Phi) is 4.08. The molecule has 0 saturated heterocycles. The van der Waals surface area contributed by atoms with Crippen molar-refractivity contribution in [2.24, 2.45) is 0 Å². The third-order valence-electron chi connectivity index (χ3n) is 2.44. The first-order chi connectivity index (χ1) is 8.56. The number of thioether (sulfide) groups is 1. The molecule has 2 N–H and O–H groups in total. The van der Waals surface area contributed by atoms with Crippen molar-refractivity contribution in [3.63, 3.8) is 0 Å². The molecule has 1 aromatic heterocycles. The summed E-state index contributed by atoms with van der Waals surface area (Å²) < 4.78 is 0.980. The number of nitrogens with two attached hydrogens (primary N) is 1. The Morgan fingerprint density at radius 1 is 1.33 bits per heavy atom. The molecule has 2 aromatic rings. The van der Waals surface area contributed by atoms with Gasteiger partial charge in [0.1, 0.15) is 0 Å². The minimum Gasteiger partial charge on any atom is -0.399 e. The van der Waals surface area contributed by atoms with Gasteiger partial charge >= 0.3 is 0 Å². The maximum Gasteiger partial charge on any atom is 0.208 e. The molecule has 4 nitrogen and oxygen atoms in total. The average molecular weight is 280 g/mol. The minimum absolute atomic E-state index is 0.316. The lowest BCUT2D eigenvalue weighted by molar-refractivity contribution is 0.967. The Labute approximate surface area is 115 Å². The van der Waals surface area contributed by atoms with E-state index < -0.39 is 0 Å². The summed E-state index contributed by atoms with van der Waals surface area (Å²) in [5.41, 5.74) is 7.80. The van der Waals surface area contributed by atoms with E-state index >= 15 is 0 Å². The molecule has 0 bridgehead atoms. The largest absolute Gasteiger partial charge is 0.399 e. The zero-order chi connectivity index (χ0) is 13.1. The molecule has 2 rings (SSSR count). The molecular formula is C12H16N4S2. The molecule has 1 atom stereocenters.